The van der Waals surface area contributed by atoms with Crippen LogP contribution in [0.5, 0.6) is 0 Å². The standard InChI is InChI=1S/C17H33N5O.HI/c1-6-15-14(16(7-2)23-21-15)13-20-17(18-8-3)19-11-12-22(9-4)10-5;/h6-13H2,1-5H3,(H2,18,19,20);1H. The van der Waals surface area contributed by atoms with Crippen LogP contribution in [0.2, 0.25) is 0 Å². The van der Waals surface area contributed by atoms with Crippen molar-refractivity contribution < 1.29 is 4.52 Å². The van der Waals surface area contributed by atoms with Gasteiger partial charge in [0.05, 0.1) is 12.2 Å². The van der Waals surface area contributed by atoms with Gasteiger partial charge >= 0.3 is 0 Å². The Morgan fingerprint density at radius 1 is 1.08 bits per heavy atom. The molecule has 24 heavy (non-hydrogen) atoms. The molecule has 2 N–H and O–H groups in total. The Labute approximate surface area is 163 Å². The van der Waals surface area contributed by atoms with E-state index in [1.807, 2.05) is 0 Å². The van der Waals surface area contributed by atoms with E-state index < -0.39 is 0 Å². The Morgan fingerprint density at radius 3 is 2.33 bits per heavy atom. The van der Waals surface area contributed by atoms with Crippen molar-refractivity contribution in [3.05, 3.63) is 17.0 Å². The number of likely N-dealkylation sites (N-methyl/N-ethyl adjacent to an activating group) is 1. The van der Waals surface area contributed by atoms with Gasteiger partial charge in [0.25, 0.3) is 0 Å². The maximum absolute atomic E-state index is 5.40. The average Bonchev–Trinajstić information content (AvgIpc) is 2.98. The zero-order valence-electron chi connectivity index (χ0n) is 15.8. The maximum Gasteiger partial charge on any atom is 0.191 e. The molecule has 0 unspecified atom stereocenters. The normalized spacial score (nSPS) is 11.5. The summed E-state index contributed by atoms with van der Waals surface area (Å²) < 4.78 is 5.40. The average molecular weight is 451 g/mol. The number of aromatic nitrogens is 1. The van der Waals surface area contributed by atoms with Crippen molar-refractivity contribution in [3.63, 3.8) is 0 Å². The molecular formula is C17H34IN5O. The predicted octanol–water partition coefficient (Wildman–Crippen LogP) is 2.81. The lowest BCUT2D eigenvalue weighted by atomic mass is 10.1. The number of guanidine groups is 1. The van der Waals surface area contributed by atoms with Crippen LogP contribution < -0.4 is 10.6 Å². The van der Waals surface area contributed by atoms with Crippen molar-refractivity contribution in [1.29, 1.82) is 0 Å². The smallest absolute Gasteiger partial charge is 0.191 e. The second-order valence-corrected chi connectivity index (χ2v) is 5.39. The van der Waals surface area contributed by atoms with Crippen LogP contribution in [0.1, 0.15) is 51.6 Å². The molecule has 0 radical (unpaired) electrons. The minimum atomic E-state index is 0. The molecule has 1 rings (SSSR count). The maximum atomic E-state index is 5.40. The highest BCUT2D eigenvalue weighted by Crippen LogP contribution is 2.16. The van der Waals surface area contributed by atoms with Crippen LogP contribution in [-0.2, 0) is 19.4 Å². The Morgan fingerprint density at radius 2 is 1.79 bits per heavy atom. The Hall–Kier alpha value is -0.830. The van der Waals surface area contributed by atoms with Gasteiger partial charge in [-0.2, -0.15) is 0 Å². The van der Waals surface area contributed by atoms with Gasteiger partial charge in [-0.1, -0.05) is 32.9 Å². The summed E-state index contributed by atoms with van der Waals surface area (Å²) in [5.74, 6) is 1.80. The molecule has 0 saturated carbocycles. The number of nitrogens with one attached hydrogen (secondary N) is 2. The van der Waals surface area contributed by atoms with Crippen LogP contribution in [0.4, 0.5) is 0 Å². The molecule has 0 aliphatic rings. The van der Waals surface area contributed by atoms with Gasteiger partial charge in [-0.3, -0.25) is 0 Å². The topological polar surface area (TPSA) is 65.7 Å². The number of aliphatic imine (C=N–C) groups is 1. The van der Waals surface area contributed by atoms with Gasteiger partial charge in [-0.15, -0.1) is 24.0 Å². The molecule has 7 heteroatoms. The Kier molecular flexibility index (Phi) is 13.0. The number of aryl methyl sites for hydroxylation is 2. The molecule has 6 nitrogen and oxygen atoms in total. The fraction of sp³-hybridized carbons (Fsp3) is 0.765. The minimum absolute atomic E-state index is 0. The van der Waals surface area contributed by atoms with Crippen molar-refractivity contribution in [3.8, 4) is 0 Å². The summed E-state index contributed by atoms with van der Waals surface area (Å²) in [5.41, 5.74) is 2.15. The van der Waals surface area contributed by atoms with E-state index in [2.05, 4.69) is 55.3 Å². The number of nitrogens with zero attached hydrogens (tertiary/aromatic N) is 3. The molecule has 0 aliphatic carbocycles. The van der Waals surface area contributed by atoms with Crippen LogP contribution in [-0.4, -0.2) is 48.7 Å². The summed E-state index contributed by atoms with van der Waals surface area (Å²) in [5, 5.41) is 10.8. The molecule has 0 spiro atoms. The van der Waals surface area contributed by atoms with E-state index in [1.165, 1.54) is 0 Å². The second-order valence-electron chi connectivity index (χ2n) is 5.39. The van der Waals surface area contributed by atoms with E-state index in [9.17, 15) is 0 Å². The molecule has 0 aliphatic heterocycles. The van der Waals surface area contributed by atoms with Crippen LogP contribution >= 0.6 is 24.0 Å². The molecule has 0 atom stereocenters. The summed E-state index contributed by atoms with van der Waals surface area (Å²) in [4.78, 5) is 7.09. The first kappa shape index (κ1) is 23.2. The Balaban J connectivity index is 0.00000529. The first-order chi connectivity index (χ1) is 11.2. The van der Waals surface area contributed by atoms with Gasteiger partial charge < -0.3 is 20.1 Å². The van der Waals surface area contributed by atoms with E-state index in [-0.39, 0.29) is 24.0 Å². The van der Waals surface area contributed by atoms with Gasteiger partial charge in [0.15, 0.2) is 5.96 Å². The molecule has 0 fully saturated rings. The minimum Gasteiger partial charge on any atom is -0.361 e. The molecule has 1 aromatic heterocycles. The molecule has 140 valence electrons. The summed E-state index contributed by atoms with van der Waals surface area (Å²) in [7, 11) is 0. The molecule has 1 heterocycles. The van der Waals surface area contributed by atoms with E-state index >= 15 is 0 Å². The quantitative estimate of drug-likeness (QED) is 0.326. The fourth-order valence-electron chi connectivity index (χ4n) is 2.49. The first-order valence-electron chi connectivity index (χ1n) is 8.90. The highest BCUT2D eigenvalue weighted by Gasteiger charge is 2.13. The SMILES string of the molecule is CCNC(=NCc1c(CC)noc1CC)NCCN(CC)CC.I. The summed E-state index contributed by atoms with van der Waals surface area (Å²) in [6.45, 7) is 16.1. The van der Waals surface area contributed by atoms with Crippen molar-refractivity contribution in [1.82, 2.24) is 20.7 Å². The number of halogens is 1. The van der Waals surface area contributed by atoms with E-state index in [0.29, 0.717) is 6.54 Å². The van der Waals surface area contributed by atoms with Crippen molar-refractivity contribution >= 4 is 29.9 Å². The molecule has 0 saturated heterocycles. The zero-order chi connectivity index (χ0) is 17.1. The molecule has 0 aromatic carbocycles. The third-order valence-electron chi connectivity index (χ3n) is 3.96. The van der Waals surface area contributed by atoms with Crippen LogP contribution in [0.3, 0.4) is 0 Å². The number of hydrogen-bond donors (Lipinski definition) is 2. The van der Waals surface area contributed by atoms with Gasteiger partial charge in [0.2, 0.25) is 0 Å². The third kappa shape index (κ3) is 7.38. The van der Waals surface area contributed by atoms with E-state index in [1.54, 1.807) is 0 Å². The first-order valence-corrected chi connectivity index (χ1v) is 8.90. The van der Waals surface area contributed by atoms with Crippen LogP contribution in [0.15, 0.2) is 9.52 Å². The summed E-state index contributed by atoms with van der Waals surface area (Å²) in [6.07, 6.45) is 1.73. The molecule has 1 aromatic rings. The lowest BCUT2D eigenvalue weighted by Crippen LogP contribution is -2.41. The van der Waals surface area contributed by atoms with Crippen LogP contribution in [0, 0.1) is 0 Å². The highest BCUT2D eigenvalue weighted by molar-refractivity contribution is 14.0. The number of hydrogen-bond acceptors (Lipinski definition) is 4. The molecule has 0 bridgehead atoms. The summed E-state index contributed by atoms with van der Waals surface area (Å²) >= 11 is 0. The van der Waals surface area contributed by atoms with Crippen molar-refractivity contribution in [2.24, 2.45) is 4.99 Å². The van der Waals surface area contributed by atoms with Gasteiger partial charge in [0.1, 0.15) is 5.76 Å². The lowest BCUT2D eigenvalue weighted by Gasteiger charge is -2.19. The lowest BCUT2D eigenvalue weighted by molar-refractivity contribution is 0.308. The molecule has 0 amide bonds. The van der Waals surface area contributed by atoms with Gasteiger partial charge in [-0.05, 0) is 26.4 Å². The van der Waals surface area contributed by atoms with Crippen LogP contribution in [0.25, 0.3) is 0 Å². The van der Waals surface area contributed by atoms with Gasteiger partial charge in [-0.25, -0.2) is 4.99 Å². The van der Waals surface area contributed by atoms with E-state index in [4.69, 9.17) is 9.52 Å². The zero-order valence-corrected chi connectivity index (χ0v) is 18.1. The largest absolute Gasteiger partial charge is 0.361 e. The third-order valence-corrected chi connectivity index (χ3v) is 3.96. The predicted molar refractivity (Wildman–Crippen MR) is 111 cm³/mol. The monoisotopic (exact) mass is 451 g/mol. The fourth-order valence-corrected chi connectivity index (χ4v) is 2.49. The van der Waals surface area contributed by atoms with Crippen molar-refractivity contribution in [2.75, 3.05) is 32.7 Å². The number of rotatable bonds is 10. The highest BCUT2D eigenvalue weighted by atomic mass is 127. The summed E-state index contributed by atoms with van der Waals surface area (Å²) in [6, 6.07) is 0. The van der Waals surface area contributed by atoms with E-state index in [0.717, 1.165) is 68.5 Å². The molecular weight excluding hydrogens is 417 g/mol. The Bertz CT molecular complexity index is 450. The van der Waals surface area contributed by atoms with Gasteiger partial charge in [0, 0.05) is 31.6 Å². The van der Waals surface area contributed by atoms with Crippen molar-refractivity contribution in [2.45, 2.75) is 54.0 Å². The second kappa shape index (κ2) is 13.5.